The third-order valence-electron chi connectivity index (χ3n) is 5.00. The summed E-state index contributed by atoms with van der Waals surface area (Å²) in [5, 5.41) is 2.83. The Labute approximate surface area is 172 Å². The van der Waals surface area contributed by atoms with Gasteiger partial charge in [0.2, 0.25) is 0 Å². The number of ether oxygens (including phenoxy) is 2. The first-order chi connectivity index (χ1) is 14.6. The second-order valence-electron chi connectivity index (χ2n) is 7.31. The first-order valence-electron chi connectivity index (χ1n) is 9.96. The molecule has 2 heterocycles. The zero-order valence-corrected chi connectivity index (χ0v) is 16.4. The number of nitrogens with zero attached hydrogens (tertiary/aromatic N) is 1. The molecule has 1 aliphatic rings. The standard InChI is InChI=1S/C22H23F2N3O3/c23-20(24)21-26-18-8-7-15(11-19(18)27-21)22(28)25-16-5-3-4-14(10-16)12-29-13-17-6-1-2-9-30-17/h3-5,7-8,10-11,17,20H,1-2,6,9,12-13H2,(H,25,28)(H,26,27). The average Bonchev–Trinajstić information content (AvgIpc) is 3.19. The quantitative estimate of drug-likeness (QED) is 0.579. The van der Waals surface area contributed by atoms with E-state index in [1.165, 1.54) is 12.5 Å². The van der Waals surface area contributed by atoms with Crippen LogP contribution in [0.1, 0.15) is 47.4 Å². The van der Waals surface area contributed by atoms with Crippen LogP contribution in [0.2, 0.25) is 0 Å². The van der Waals surface area contributed by atoms with E-state index in [-0.39, 0.29) is 12.0 Å². The average molecular weight is 415 g/mol. The SMILES string of the molecule is O=C(Nc1cccc(COCC2CCCCO2)c1)c1ccc2nc(C(F)F)[nH]c2c1. The molecule has 6 nitrogen and oxygen atoms in total. The van der Waals surface area contributed by atoms with Gasteiger partial charge in [-0.3, -0.25) is 4.79 Å². The van der Waals surface area contributed by atoms with Gasteiger partial charge in [0, 0.05) is 17.9 Å². The molecule has 1 amide bonds. The number of alkyl halides is 2. The fourth-order valence-electron chi connectivity index (χ4n) is 3.46. The van der Waals surface area contributed by atoms with E-state index in [1.54, 1.807) is 18.2 Å². The third kappa shape index (κ3) is 5.01. The molecule has 1 aromatic heterocycles. The Hall–Kier alpha value is -2.84. The summed E-state index contributed by atoms with van der Waals surface area (Å²) in [7, 11) is 0. The molecule has 0 spiro atoms. The van der Waals surface area contributed by atoms with E-state index in [2.05, 4.69) is 15.3 Å². The Balaban J connectivity index is 1.37. The van der Waals surface area contributed by atoms with Gasteiger partial charge in [0.1, 0.15) is 0 Å². The highest BCUT2D eigenvalue weighted by Crippen LogP contribution is 2.21. The molecule has 8 heteroatoms. The molecule has 0 aliphatic carbocycles. The minimum atomic E-state index is -2.69. The van der Waals surface area contributed by atoms with Gasteiger partial charge in [-0.05, 0) is 55.2 Å². The molecule has 1 atom stereocenters. The predicted molar refractivity (Wildman–Crippen MR) is 109 cm³/mol. The Bertz CT molecular complexity index is 1020. The Morgan fingerprint density at radius 3 is 2.97 bits per heavy atom. The molecule has 0 radical (unpaired) electrons. The highest BCUT2D eigenvalue weighted by atomic mass is 19.3. The topological polar surface area (TPSA) is 76.2 Å². The summed E-state index contributed by atoms with van der Waals surface area (Å²) >= 11 is 0. The number of rotatable bonds is 7. The number of nitrogens with one attached hydrogen (secondary N) is 2. The fourth-order valence-corrected chi connectivity index (χ4v) is 3.46. The predicted octanol–water partition coefficient (Wildman–Crippen LogP) is 4.84. The number of amides is 1. The summed E-state index contributed by atoms with van der Waals surface area (Å²) in [6.07, 6.45) is 0.770. The molecule has 1 aliphatic heterocycles. The van der Waals surface area contributed by atoms with Gasteiger partial charge in [0.25, 0.3) is 12.3 Å². The lowest BCUT2D eigenvalue weighted by Crippen LogP contribution is -2.24. The number of benzene rings is 2. The van der Waals surface area contributed by atoms with Crippen molar-refractivity contribution >= 4 is 22.6 Å². The van der Waals surface area contributed by atoms with E-state index < -0.39 is 12.2 Å². The lowest BCUT2D eigenvalue weighted by Gasteiger charge is -2.22. The van der Waals surface area contributed by atoms with Crippen LogP contribution in [-0.2, 0) is 16.1 Å². The van der Waals surface area contributed by atoms with Gasteiger partial charge < -0.3 is 19.8 Å². The van der Waals surface area contributed by atoms with Crippen molar-refractivity contribution < 1.29 is 23.0 Å². The molecule has 4 rings (SSSR count). The number of aromatic amines is 1. The van der Waals surface area contributed by atoms with Crippen molar-refractivity contribution in [2.45, 2.75) is 38.4 Å². The van der Waals surface area contributed by atoms with Crippen molar-refractivity contribution in [3.8, 4) is 0 Å². The first kappa shape index (κ1) is 20.4. The molecule has 0 saturated carbocycles. The first-order valence-corrected chi connectivity index (χ1v) is 9.96. The van der Waals surface area contributed by atoms with Crippen molar-refractivity contribution in [1.29, 1.82) is 0 Å². The van der Waals surface area contributed by atoms with Crippen LogP contribution in [0.15, 0.2) is 42.5 Å². The maximum Gasteiger partial charge on any atom is 0.295 e. The van der Waals surface area contributed by atoms with E-state index in [0.717, 1.165) is 25.0 Å². The molecule has 0 bridgehead atoms. The fraction of sp³-hybridized carbons (Fsp3) is 0.364. The van der Waals surface area contributed by atoms with E-state index in [1.807, 2.05) is 18.2 Å². The van der Waals surface area contributed by atoms with Crippen LogP contribution in [0.3, 0.4) is 0 Å². The number of H-pyrrole nitrogens is 1. The minimum Gasteiger partial charge on any atom is -0.376 e. The molecular formula is C22H23F2N3O3. The van der Waals surface area contributed by atoms with Gasteiger partial charge in [0.15, 0.2) is 5.82 Å². The zero-order valence-electron chi connectivity index (χ0n) is 16.4. The second kappa shape index (κ2) is 9.32. The molecule has 2 N–H and O–H groups in total. The van der Waals surface area contributed by atoms with Crippen LogP contribution in [0, 0.1) is 0 Å². The summed E-state index contributed by atoms with van der Waals surface area (Å²) < 4.78 is 37.0. The van der Waals surface area contributed by atoms with Gasteiger partial charge in [0.05, 0.1) is 30.4 Å². The number of carbonyl (C=O) groups excluding carboxylic acids is 1. The van der Waals surface area contributed by atoms with Crippen molar-refractivity contribution in [3.63, 3.8) is 0 Å². The molecule has 30 heavy (non-hydrogen) atoms. The van der Waals surface area contributed by atoms with Crippen molar-refractivity contribution in [3.05, 3.63) is 59.4 Å². The number of hydrogen-bond donors (Lipinski definition) is 2. The van der Waals surface area contributed by atoms with Gasteiger partial charge in [-0.25, -0.2) is 13.8 Å². The summed E-state index contributed by atoms with van der Waals surface area (Å²) in [4.78, 5) is 18.9. The highest BCUT2D eigenvalue weighted by molar-refractivity contribution is 6.05. The molecule has 2 aromatic carbocycles. The summed E-state index contributed by atoms with van der Waals surface area (Å²) in [5.41, 5.74) is 2.71. The van der Waals surface area contributed by atoms with E-state index >= 15 is 0 Å². The summed E-state index contributed by atoms with van der Waals surface area (Å²) in [6.45, 7) is 1.78. The number of carbonyl (C=O) groups is 1. The van der Waals surface area contributed by atoms with Crippen molar-refractivity contribution in [2.75, 3.05) is 18.5 Å². The number of aromatic nitrogens is 2. The number of imidazole rings is 1. The Morgan fingerprint density at radius 2 is 2.17 bits per heavy atom. The molecule has 158 valence electrons. The zero-order chi connectivity index (χ0) is 20.9. The highest BCUT2D eigenvalue weighted by Gasteiger charge is 2.15. The second-order valence-corrected chi connectivity index (χ2v) is 7.31. The van der Waals surface area contributed by atoms with Crippen molar-refractivity contribution in [2.24, 2.45) is 0 Å². The van der Waals surface area contributed by atoms with Gasteiger partial charge in [-0.2, -0.15) is 0 Å². The van der Waals surface area contributed by atoms with Gasteiger partial charge in [-0.15, -0.1) is 0 Å². The number of hydrogen-bond acceptors (Lipinski definition) is 4. The van der Waals surface area contributed by atoms with Gasteiger partial charge in [-0.1, -0.05) is 12.1 Å². The minimum absolute atomic E-state index is 0.157. The number of halogens is 2. The Morgan fingerprint density at radius 1 is 1.27 bits per heavy atom. The van der Waals surface area contributed by atoms with Crippen LogP contribution in [0.25, 0.3) is 11.0 Å². The third-order valence-corrected chi connectivity index (χ3v) is 5.00. The van der Waals surface area contributed by atoms with Gasteiger partial charge >= 0.3 is 0 Å². The monoisotopic (exact) mass is 415 g/mol. The molecule has 1 unspecified atom stereocenters. The van der Waals surface area contributed by atoms with Crippen LogP contribution in [-0.4, -0.2) is 35.2 Å². The van der Waals surface area contributed by atoms with E-state index in [4.69, 9.17) is 9.47 Å². The number of anilines is 1. The molecule has 1 saturated heterocycles. The van der Waals surface area contributed by atoms with Crippen LogP contribution in [0.4, 0.5) is 14.5 Å². The lowest BCUT2D eigenvalue weighted by molar-refractivity contribution is -0.0447. The number of fused-ring (bicyclic) bond motifs is 1. The van der Waals surface area contributed by atoms with Crippen LogP contribution < -0.4 is 5.32 Å². The molecule has 1 fully saturated rings. The van der Waals surface area contributed by atoms with Crippen LogP contribution in [0.5, 0.6) is 0 Å². The largest absolute Gasteiger partial charge is 0.376 e. The smallest absolute Gasteiger partial charge is 0.295 e. The molecule has 3 aromatic rings. The maximum atomic E-state index is 12.8. The Kier molecular flexibility index (Phi) is 6.35. The summed E-state index contributed by atoms with van der Waals surface area (Å²) in [5.74, 6) is -0.743. The normalized spacial score (nSPS) is 16.8. The van der Waals surface area contributed by atoms with Crippen molar-refractivity contribution in [1.82, 2.24) is 9.97 Å². The van der Waals surface area contributed by atoms with E-state index in [9.17, 15) is 13.6 Å². The molecular weight excluding hydrogens is 392 g/mol. The summed E-state index contributed by atoms with van der Waals surface area (Å²) in [6, 6.07) is 12.0. The maximum absolute atomic E-state index is 12.8. The lowest BCUT2D eigenvalue weighted by atomic mass is 10.1. The van der Waals surface area contributed by atoms with Crippen LogP contribution >= 0.6 is 0 Å². The van der Waals surface area contributed by atoms with E-state index in [0.29, 0.717) is 35.5 Å².